The molecule has 0 amide bonds. The molecule has 1 fully saturated rings. The van der Waals surface area contributed by atoms with Crippen molar-refractivity contribution in [2.75, 3.05) is 39.8 Å². The third-order valence-electron chi connectivity index (χ3n) is 4.11. The van der Waals surface area contributed by atoms with E-state index in [2.05, 4.69) is 12.2 Å². The summed E-state index contributed by atoms with van der Waals surface area (Å²) in [5, 5.41) is 12.3. The Morgan fingerprint density at radius 3 is 2.74 bits per heavy atom. The highest BCUT2D eigenvalue weighted by Gasteiger charge is 2.36. The summed E-state index contributed by atoms with van der Waals surface area (Å²) < 4.78 is 25.2. The van der Waals surface area contributed by atoms with Gasteiger partial charge in [0.1, 0.15) is 0 Å². The van der Waals surface area contributed by atoms with E-state index >= 15 is 0 Å². The van der Waals surface area contributed by atoms with Crippen LogP contribution in [-0.4, -0.2) is 56.3 Å². The minimum absolute atomic E-state index is 0.0576. The monoisotopic (exact) mass is 278 g/mol. The number of hydrogen-bond donors (Lipinski definition) is 2. The van der Waals surface area contributed by atoms with Gasteiger partial charge >= 0.3 is 0 Å². The minimum atomic E-state index is -2.33. The van der Waals surface area contributed by atoms with Gasteiger partial charge in [-0.2, -0.15) is 0 Å². The molecule has 0 spiro atoms. The van der Waals surface area contributed by atoms with E-state index in [9.17, 15) is 8.78 Å². The summed E-state index contributed by atoms with van der Waals surface area (Å²) in [6.45, 7) is 3.81. The largest absolute Gasteiger partial charge is 0.395 e. The molecule has 2 N–H and O–H groups in total. The Labute approximate surface area is 115 Å². The van der Waals surface area contributed by atoms with Crippen molar-refractivity contribution in [3.8, 4) is 0 Å². The molecule has 3 nitrogen and oxygen atoms in total. The van der Waals surface area contributed by atoms with Gasteiger partial charge in [0.2, 0.25) is 0 Å². The molecule has 0 heterocycles. The summed E-state index contributed by atoms with van der Waals surface area (Å²) in [5.41, 5.74) is 0.0798. The normalized spacial score (nSPS) is 28.3. The van der Waals surface area contributed by atoms with Crippen molar-refractivity contribution < 1.29 is 13.9 Å². The summed E-state index contributed by atoms with van der Waals surface area (Å²) in [6, 6.07) is 0. The molecule has 1 aliphatic carbocycles. The van der Waals surface area contributed by atoms with E-state index < -0.39 is 6.43 Å². The molecule has 0 aliphatic heterocycles. The lowest BCUT2D eigenvalue weighted by Gasteiger charge is -2.43. The summed E-state index contributed by atoms with van der Waals surface area (Å²) in [4.78, 5) is 1.72. The first-order valence-electron chi connectivity index (χ1n) is 7.27. The third kappa shape index (κ3) is 5.71. The Morgan fingerprint density at radius 1 is 1.47 bits per heavy atom. The Balaban J connectivity index is 2.67. The number of aliphatic hydroxyl groups excluding tert-OH is 1. The van der Waals surface area contributed by atoms with Gasteiger partial charge in [-0.25, -0.2) is 8.78 Å². The molecule has 0 aromatic rings. The van der Waals surface area contributed by atoms with Gasteiger partial charge in [0.05, 0.1) is 13.2 Å². The average molecular weight is 278 g/mol. The zero-order valence-electron chi connectivity index (χ0n) is 12.2. The van der Waals surface area contributed by atoms with E-state index in [1.54, 1.807) is 4.90 Å². The number of hydrogen-bond acceptors (Lipinski definition) is 3. The fraction of sp³-hybridized carbons (Fsp3) is 1.00. The lowest BCUT2D eigenvalue weighted by molar-refractivity contribution is 0.0302. The molecule has 1 rings (SSSR count). The molecule has 1 aliphatic rings. The number of nitrogens with one attached hydrogen (secondary N) is 1. The van der Waals surface area contributed by atoms with Gasteiger partial charge in [-0.15, -0.1) is 0 Å². The van der Waals surface area contributed by atoms with Crippen molar-refractivity contribution in [3.63, 3.8) is 0 Å². The number of nitrogens with zero attached hydrogens (tertiary/aromatic N) is 1. The molecule has 0 aromatic carbocycles. The highest BCUT2D eigenvalue weighted by atomic mass is 19.3. The van der Waals surface area contributed by atoms with Gasteiger partial charge in [0, 0.05) is 19.6 Å². The maximum atomic E-state index is 12.6. The lowest BCUT2D eigenvalue weighted by Crippen LogP contribution is -2.47. The van der Waals surface area contributed by atoms with Crippen LogP contribution in [-0.2, 0) is 0 Å². The summed E-state index contributed by atoms with van der Waals surface area (Å²) in [5.74, 6) is 0.657. The zero-order valence-corrected chi connectivity index (χ0v) is 12.2. The fourth-order valence-electron chi connectivity index (χ4n) is 3.55. The van der Waals surface area contributed by atoms with E-state index in [0.717, 1.165) is 19.4 Å². The van der Waals surface area contributed by atoms with Crippen LogP contribution in [0.4, 0.5) is 8.78 Å². The predicted molar refractivity (Wildman–Crippen MR) is 73.5 cm³/mol. The van der Waals surface area contributed by atoms with Gasteiger partial charge < -0.3 is 10.4 Å². The van der Waals surface area contributed by atoms with E-state index in [-0.39, 0.29) is 18.6 Å². The van der Waals surface area contributed by atoms with Gasteiger partial charge in [-0.3, -0.25) is 4.90 Å². The van der Waals surface area contributed by atoms with E-state index in [0.29, 0.717) is 19.0 Å². The summed E-state index contributed by atoms with van der Waals surface area (Å²) in [7, 11) is 1.92. The molecule has 5 heteroatoms. The van der Waals surface area contributed by atoms with E-state index in [1.165, 1.54) is 12.8 Å². The second-order valence-corrected chi connectivity index (χ2v) is 6.08. The van der Waals surface area contributed by atoms with Crippen LogP contribution >= 0.6 is 0 Å². The Morgan fingerprint density at radius 2 is 2.21 bits per heavy atom. The number of rotatable bonds is 8. The summed E-state index contributed by atoms with van der Waals surface area (Å²) >= 11 is 0. The molecule has 2 atom stereocenters. The standard InChI is InChI=1S/C14H28F2N2O/c1-12-4-3-5-14(8-12,10-17-2)11-18(6-7-19)9-13(15)16/h12-13,17,19H,3-11H2,1-2H3. The van der Waals surface area contributed by atoms with Crippen LogP contribution in [0, 0.1) is 11.3 Å². The Hall–Kier alpha value is -0.260. The van der Waals surface area contributed by atoms with Crippen molar-refractivity contribution in [1.82, 2.24) is 10.2 Å². The van der Waals surface area contributed by atoms with Crippen LogP contribution in [0.25, 0.3) is 0 Å². The molecular formula is C14H28F2N2O. The SMILES string of the molecule is CNCC1(CN(CCO)CC(F)F)CCCC(C)C1. The molecule has 0 aromatic heterocycles. The fourth-order valence-corrected chi connectivity index (χ4v) is 3.55. The second-order valence-electron chi connectivity index (χ2n) is 6.08. The molecule has 0 saturated heterocycles. The number of aliphatic hydroxyl groups is 1. The van der Waals surface area contributed by atoms with Crippen LogP contribution in [0.1, 0.15) is 32.6 Å². The molecule has 114 valence electrons. The van der Waals surface area contributed by atoms with Crippen molar-refractivity contribution in [3.05, 3.63) is 0 Å². The molecule has 0 bridgehead atoms. The number of alkyl halides is 2. The number of halogens is 2. The first-order chi connectivity index (χ1) is 9.01. The van der Waals surface area contributed by atoms with Gasteiger partial charge in [-0.1, -0.05) is 19.8 Å². The molecule has 1 saturated carbocycles. The highest BCUT2D eigenvalue weighted by Crippen LogP contribution is 2.39. The van der Waals surface area contributed by atoms with Crippen LogP contribution in [0.5, 0.6) is 0 Å². The third-order valence-corrected chi connectivity index (χ3v) is 4.11. The Bertz CT molecular complexity index is 250. The maximum absolute atomic E-state index is 12.6. The molecule has 2 unspecified atom stereocenters. The quantitative estimate of drug-likeness (QED) is 0.712. The highest BCUT2D eigenvalue weighted by molar-refractivity contribution is 4.89. The Kier molecular flexibility index (Phi) is 7.18. The van der Waals surface area contributed by atoms with Gasteiger partial charge in [0.25, 0.3) is 6.43 Å². The van der Waals surface area contributed by atoms with E-state index in [1.807, 2.05) is 7.05 Å². The molecular weight excluding hydrogens is 250 g/mol. The average Bonchev–Trinajstić information content (AvgIpc) is 2.28. The topological polar surface area (TPSA) is 35.5 Å². The van der Waals surface area contributed by atoms with Gasteiger partial charge in [0.15, 0.2) is 0 Å². The smallest absolute Gasteiger partial charge is 0.251 e. The first-order valence-corrected chi connectivity index (χ1v) is 7.27. The van der Waals surface area contributed by atoms with Crippen molar-refractivity contribution in [2.24, 2.45) is 11.3 Å². The predicted octanol–water partition coefficient (Wildman–Crippen LogP) is 1.96. The lowest BCUT2D eigenvalue weighted by atomic mass is 9.69. The van der Waals surface area contributed by atoms with Crippen LogP contribution in [0.15, 0.2) is 0 Å². The maximum Gasteiger partial charge on any atom is 0.251 e. The second kappa shape index (κ2) is 8.12. The van der Waals surface area contributed by atoms with Crippen LogP contribution in [0.2, 0.25) is 0 Å². The van der Waals surface area contributed by atoms with Crippen molar-refractivity contribution >= 4 is 0 Å². The molecule has 0 radical (unpaired) electrons. The van der Waals surface area contributed by atoms with Crippen molar-refractivity contribution in [1.29, 1.82) is 0 Å². The van der Waals surface area contributed by atoms with E-state index in [4.69, 9.17) is 5.11 Å². The summed E-state index contributed by atoms with van der Waals surface area (Å²) in [6.07, 6.45) is 2.24. The van der Waals surface area contributed by atoms with Crippen molar-refractivity contribution in [2.45, 2.75) is 39.0 Å². The molecule has 19 heavy (non-hydrogen) atoms. The van der Waals surface area contributed by atoms with Gasteiger partial charge in [-0.05, 0) is 31.2 Å². The first kappa shape index (κ1) is 16.8. The van der Waals surface area contributed by atoms with Crippen LogP contribution < -0.4 is 5.32 Å². The van der Waals surface area contributed by atoms with Crippen LogP contribution in [0.3, 0.4) is 0 Å². The zero-order chi connectivity index (χ0) is 14.3. The minimum Gasteiger partial charge on any atom is -0.395 e.